The highest BCUT2D eigenvalue weighted by atomic mass is 35.5. The van der Waals surface area contributed by atoms with Crippen LogP contribution >= 0.6 is 46.6 Å². The molecule has 0 spiro atoms. The molecule has 3 N–H and O–H groups in total. The van der Waals surface area contributed by atoms with Crippen molar-refractivity contribution in [3.63, 3.8) is 0 Å². The van der Waals surface area contributed by atoms with E-state index >= 15 is 0 Å². The van der Waals surface area contributed by atoms with Crippen molar-refractivity contribution in [2.24, 2.45) is 0 Å². The molecule has 1 fully saturated rings. The molecule has 1 aliphatic rings. The van der Waals surface area contributed by atoms with Crippen molar-refractivity contribution < 1.29 is 9.59 Å². The second-order valence-electron chi connectivity index (χ2n) is 7.69. The van der Waals surface area contributed by atoms with Crippen molar-refractivity contribution in [3.05, 3.63) is 68.1 Å². The van der Waals surface area contributed by atoms with E-state index in [1.165, 1.54) is 0 Å². The van der Waals surface area contributed by atoms with Crippen LogP contribution in [0.2, 0.25) is 15.1 Å². The highest BCUT2D eigenvalue weighted by Crippen LogP contribution is 2.31. The average molecular weight is 538 g/mol. The SMILES string of the molecule is N#CC(C(=O)NC1CCCCC1)=C(Nc1ccc(Cl)cc1)SCC(=O)Nc1c(Cl)cccc1Cl. The van der Waals surface area contributed by atoms with Gasteiger partial charge in [-0.05, 0) is 49.2 Å². The number of carbonyl (C=O) groups excluding carboxylic acids is 2. The van der Waals surface area contributed by atoms with E-state index in [1.54, 1.807) is 42.5 Å². The summed E-state index contributed by atoms with van der Waals surface area (Å²) in [5.74, 6) is -0.937. The summed E-state index contributed by atoms with van der Waals surface area (Å²) in [7, 11) is 0. The van der Waals surface area contributed by atoms with Gasteiger partial charge in [0.05, 0.1) is 26.5 Å². The van der Waals surface area contributed by atoms with Gasteiger partial charge >= 0.3 is 0 Å². The van der Waals surface area contributed by atoms with Crippen LogP contribution in [-0.4, -0.2) is 23.6 Å². The van der Waals surface area contributed by atoms with Crippen LogP contribution in [0.5, 0.6) is 0 Å². The fraction of sp³-hybridized carbons (Fsp3) is 0.292. The van der Waals surface area contributed by atoms with Gasteiger partial charge in [0, 0.05) is 16.8 Å². The normalized spacial score (nSPS) is 14.5. The highest BCUT2D eigenvalue weighted by Gasteiger charge is 2.22. The van der Waals surface area contributed by atoms with Crippen LogP contribution in [-0.2, 0) is 9.59 Å². The van der Waals surface area contributed by atoms with E-state index in [-0.39, 0.29) is 28.3 Å². The van der Waals surface area contributed by atoms with Gasteiger partial charge in [0.15, 0.2) is 0 Å². The molecule has 34 heavy (non-hydrogen) atoms. The number of carbonyl (C=O) groups is 2. The van der Waals surface area contributed by atoms with Gasteiger partial charge in [-0.3, -0.25) is 9.59 Å². The molecular formula is C24H23Cl3N4O2S. The Morgan fingerprint density at radius 2 is 1.62 bits per heavy atom. The standard InChI is InChI=1S/C24H23Cl3N4O2S/c25-15-9-11-17(12-10-15)30-24(18(13-28)23(33)29-16-5-2-1-3-6-16)34-14-21(32)31-22-19(26)7-4-8-20(22)27/h4,7-12,16,30H,1-3,5-6,14H2,(H,29,33)(H,31,32). The summed E-state index contributed by atoms with van der Waals surface area (Å²) in [6, 6.07) is 13.8. The Morgan fingerprint density at radius 3 is 2.24 bits per heavy atom. The number of nitrogens with one attached hydrogen (secondary N) is 3. The summed E-state index contributed by atoms with van der Waals surface area (Å²) in [5.41, 5.74) is 0.844. The topological polar surface area (TPSA) is 94.0 Å². The van der Waals surface area contributed by atoms with Crippen LogP contribution in [0.4, 0.5) is 11.4 Å². The number of hydrogen-bond acceptors (Lipinski definition) is 5. The second-order valence-corrected chi connectivity index (χ2v) is 9.93. The Kier molecular flexibility index (Phi) is 9.97. The minimum Gasteiger partial charge on any atom is -0.349 e. The molecule has 0 unspecified atom stereocenters. The van der Waals surface area contributed by atoms with Crippen molar-refractivity contribution in [3.8, 4) is 6.07 Å². The molecule has 1 saturated carbocycles. The molecule has 2 amide bonds. The third-order valence-electron chi connectivity index (χ3n) is 5.18. The van der Waals surface area contributed by atoms with Gasteiger partial charge in [-0.1, -0.05) is 71.9 Å². The Hall–Kier alpha value is -2.37. The van der Waals surface area contributed by atoms with Crippen molar-refractivity contribution in [1.82, 2.24) is 5.32 Å². The first kappa shape index (κ1) is 26.2. The molecule has 0 radical (unpaired) electrons. The second kappa shape index (κ2) is 12.9. The van der Waals surface area contributed by atoms with E-state index < -0.39 is 5.91 Å². The van der Waals surface area contributed by atoms with Gasteiger partial charge in [-0.2, -0.15) is 5.26 Å². The number of hydrogen-bond donors (Lipinski definition) is 3. The van der Waals surface area contributed by atoms with Crippen LogP contribution in [0.1, 0.15) is 32.1 Å². The molecule has 3 rings (SSSR count). The number of thioether (sulfide) groups is 1. The fourth-order valence-electron chi connectivity index (χ4n) is 3.47. The van der Waals surface area contributed by atoms with Crippen LogP contribution in [0.25, 0.3) is 0 Å². The van der Waals surface area contributed by atoms with E-state index in [0.29, 0.717) is 26.4 Å². The van der Waals surface area contributed by atoms with Crippen LogP contribution in [0.15, 0.2) is 53.1 Å². The smallest absolute Gasteiger partial charge is 0.264 e. The predicted molar refractivity (Wildman–Crippen MR) is 140 cm³/mol. The maximum absolute atomic E-state index is 13.0. The third-order valence-corrected chi connectivity index (χ3v) is 7.07. The molecule has 0 saturated heterocycles. The monoisotopic (exact) mass is 536 g/mol. The zero-order valence-electron chi connectivity index (χ0n) is 18.2. The fourth-order valence-corrected chi connectivity index (χ4v) is 4.91. The summed E-state index contributed by atoms with van der Waals surface area (Å²) >= 11 is 19.3. The lowest BCUT2D eigenvalue weighted by Gasteiger charge is -2.23. The summed E-state index contributed by atoms with van der Waals surface area (Å²) in [6.45, 7) is 0. The van der Waals surface area contributed by atoms with E-state index in [2.05, 4.69) is 16.0 Å². The molecule has 0 atom stereocenters. The van der Waals surface area contributed by atoms with Gasteiger partial charge in [-0.25, -0.2) is 0 Å². The van der Waals surface area contributed by atoms with Crippen LogP contribution in [0, 0.1) is 11.3 Å². The number of nitrogens with zero attached hydrogens (tertiary/aromatic N) is 1. The molecule has 6 nitrogen and oxygen atoms in total. The summed E-state index contributed by atoms with van der Waals surface area (Å²) in [5, 5.41) is 20.0. The first-order valence-electron chi connectivity index (χ1n) is 10.7. The summed E-state index contributed by atoms with van der Waals surface area (Å²) in [6.07, 6.45) is 5.02. The van der Waals surface area contributed by atoms with Gasteiger partial charge in [0.2, 0.25) is 5.91 Å². The summed E-state index contributed by atoms with van der Waals surface area (Å²) in [4.78, 5) is 25.6. The maximum atomic E-state index is 13.0. The lowest BCUT2D eigenvalue weighted by atomic mass is 9.95. The van der Waals surface area contributed by atoms with Gasteiger partial charge in [-0.15, -0.1) is 0 Å². The number of rotatable bonds is 8. The maximum Gasteiger partial charge on any atom is 0.264 e. The first-order valence-corrected chi connectivity index (χ1v) is 12.8. The van der Waals surface area contributed by atoms with Gasteiger partial charge < -0.3 is 16.0 Å². The molecule has 10 heteroatoms. The largest absolute Gasteiger partial charge is 0.349 e. The zero-order chi connectivity index (χ0) is 24.5. The predicted octanol–water partition coefficient (Wildman–Crippen LogP) is 6.61. The molecule has 1 aliphatic carbocycles. The van der Waals surface area contributed by atoms with E-state index in [0.717, 1.165) is 43.9 Å². The number of halogens is 3. The zero-order valence-corrected chi connectivity index (χ0v) is 21.3. The van der Waals surface area contributed by atoms with E-state index in [9.17, 15) is 14.9 Å². The quantitative estimate of drug-likeness (QED) is 0.260. The number of para-hydroxylation sites is 1. The molecule has 0 bridgehead atoms. The molecule has 0 heterocycles. The molecule has 2 aromatic rings. The number of anilines is 2. The average Bonchev–Trinajstić information content (AvgIpc) is 2.82. The van der Waals surface area contributed by atoms with E-state index in [1.807, 2.05) is 6.07 Å². The molecule has 0 aromatic heterocycles. The van der Waals surface area contributed by atoms with Gasteiger partial charge in [0.1, 0.15) is 11.6 Å². The number of nitriles is 1. The number of amides is 2. The molecule has 178 valence electrons. The minimum atomic E-state index is -0.465. The summed E-state index contributed by atoms with van der Waals surface area (Å²) < 4.78 is 0. The third kappa shape index (κ3) is 7.57. The van der Waals surface area contributed by atoms with Crippen molar-refractivity contribution in [1.29, 1.82) is 5.26 Å². The molecule has 2 aromatic carbocycles. The lowest BCUT2D eigenvalue weighted by Crippen LogP contribution is -2.37. The molecule has 0 aliphatic heterocycles. The minimum absolute atomic E-state index is 0.0389. The molecular weight excluding hydrogens is 515 g/mol. The lowest BCUT2D eigenvalue weighted by molar-refractivity contribution is -0.118. The number of benzene rings is 2. The van der Waals surface area contributed by atoms with Crippen LogP contribution in [0.3, 0.4) is 0 Å². The van der Waals surface area contributed by atoms with Crippen molar-refractivity contribution in [2.75, 3.05) is 16.4 Å². The van der Waals surface area contributed by atoms with Crippen LogP contribution < -0.4 is 16.0 Å². The van der Waals surface area contributed by atoms with Gasteiger partial charge in [0.25, 0.3) is 5.91 Å². The Bertz CT molecular complexity index is 1090. The van der Waals surface area contributed by atoms with E-state index in [4.69, 9.17) is 34.8 Å². The van der Waals surface area contributed by atoms with Crippen molar-refractivity contribution in [2.45, 2.75) is 38.1 Å². The first-order chi connectivity index (χ1) is 16.4. The highest BCUT2D eigenvalue weighted by molar-refractivity contribution is 8.03. The Morgan fingerprint density at radius 1 is 0.971 bits per heavy atom. The Balaban J connectivity index is 1.78. The van der Waals surface area contributed by atoms with Crippen molar-refractivity contribution >= 4 is 69.8 Å². The Labute approximate surface area is 218 Å².